The number of aromatic nitrogens is 1. The number of anilines is 2. The van der Waals surface area contributed by atoms with Gasteiger partial charge in [0.15, 0.2) is 0 Å². The Morgan fingerprint density at radius 3 is 2.50 bits per heavy atom. The van der Waals surface area contributed by atoms with Crippen molar-refractivity contribution in [1.82, 2.24) is 4.98 Å². The first-order valence-electron chi connectivity index (χ1n) is 8.59. The van der Waals surface area contributed by atoms with Gasteiger partial charge in [-0.05, 0) is 47.0 Å². The van der Waals surface area contributed by atoms with E-state index in [9.17, 15) is 9.59 Å². The minimum atomic E-state index is -0.982. The summed E-state index contributed by atoms with van der Waals surface area (Å²) in [7, 11) is 1.70. The summed E-state index contributed by atoms with van der Waals surface area (Å²) in [4.78, 5) is 28.6. The van der Waals surface area contributed by atoms with Crippen LogP contribution in [0.2, 0.25) is 0 Å². The molecule has 0 aliphatic carbocycles. The lowest BCUT2D eigenvalue weighted by molar-refractivity contribution is -0.131. The van der Waals surface area contributed by atoms with Gasteiger partial charge in [0.05, 0.1) is 11.9 Å². The molecule has 28 heavy (non-hydrogen) atoms. The van der Waals surface area contributed by atoms with Crippen LogP contribution >= 0.6 is 0 Å². The topological polar surface area (TPSA) is 82.5 Å². The number of amides is 2. The monoisotopic (exact) mass is 373 g/mol. The van der Waals surface area contributed by atoms with Gasteiger partial charge in [0.1, 0.15) is 0 Å². The average molecular weight is 373 g/mol. The van der Waals surface area contributed by atoms with Gasteiger partial charge >= 0.3 is 12.0 Å². The number of nitrogens with one attached hydrogen (secondary N) is 1. The molecule has 1 aromatic heterocycles. The van der Waals surface area contributed by atoms with E-state index in [0.717, 1.165) is 28.5 Å². The van der Waals surface area contributed by atoms with Crippen LogP contribution in [0.5, 0.6) is 0 Å². The van der Waals surface area contributed by atoms with E-state index in [2.05, 4.69) is 10.3 Å². The molecule has 3 rings (SSSR count). The highest BCUT2D eigenvalue weighted by Gasteiger charge is 2.12. The predicted octanol–water partition coefficient (Wildman–Crippen LogP) is 4.51. The molecule has 2 N–H and O–H groups in total. The molecule has 0 unspecified atom stereocenters. The van der Waals surface area contributed by atoms with Gasteiger partial charge in [0, 0.05) is 25.0 Å². The molecule has 6 nitrogen and oxygen atoms in total. The van der Waals surface area contributed by atoms with E-state index in [1.807, 2.05) is 48.5 Å². The van der Waals surface area contributed by atoms with E-state index in [1.165, 1.54) is 4.90 Å². The quantitative estimate of drug-likeness (QED) is 0.645. The minimum absolute atomic E-state index is 0.265. The van der Waals surface area contributed by atoms with E-state index in [-0.39, 0.29) is 6.03 Å². The molecule has 0 spiro atoms. The van der Waals surface area contributed by atoms with Gasteiger partial charge in [-0.15, -0.1) is 0 Å². The number of aliphatic carboxylic acids is 1. The summed E-state index contributed by atoms with van der Waals surface area (Å²) >= 11 is 0. The van der Waals surface area contributed by atoms with Gasteiger partial charge in [-0.3, -0.25) is 9.88 Å². The number of rotatable bonds is 5. The summed E-state index contributed by atoms with van der Waals surface area (Å²) in [6.45, 7) is 0. The highest BCUT2D eigenvalue weighted by Crippen LogP contribution is 2.25. The highest BCUT2D eigenvalue weighted by molar-refractivity contribution is 6.01. The van der Waals surface area contributed by atoms with Crippen molar-refractivity contribution >= 4 is 29.5 Å². The number of carbonyl (C=O) groups is 2. The van der Waals surface area contributed by atoms with Crippen molar-refractivity contribution in [3.63, 3.8) is 0 Å². The second kappa shape index (κ2) is 8.64. The van der Waals surface area contributed by atoms with Gasteiger partial charge in [0.2, 0.25) is 0 Å². The summed E-state index contributed by atoms with van der Waals surface area (Å²) in [5, 5.41) is 11.5. The molecule has 0 atom stereocenters. The lowest BCUT2D eigenvalue weighted by Crippen LogP contribution is -2.31. The van der Waals surface area contributed by atoms with Crippen molar-refractivity contribution in [3.8, 4) is 11.1 Å². The molecular weight excluding hydrogens is 354 g/mol. The number of carboxylic acid groups (broad SMARTS) is 1. The van der Waals surface area contributed by atoms with Gasteiger partial charge in [-0.2, -0.15) is 0 Å². The molecule has 0 bridgehead atoms. The number of carboxylic acids is 1. The lowest BCUT2D eigenvalue weighted by Gasteiger charge is -2.19. The fourth-order valence-corrected chi connectivity index (χ4v) is 2.61. The Morgan fingerprint density at radius 2 is 1.82 bits per heavy atom. The van der Waals surface area contributed by atoms with Crippen LogP contribution in [0.1, 0.15) is 5.56 Å². The summed E-state index contributed by atoms with van der Waals surface area (Å²) in [6, 6.07) is 18.4. The molecular formula is C22H19N3O3. The van der Waals surface area contributed by atoms with E-state index >= 15 is 0 Å². The number of pyridine rings is 1. The first-order chi connectivity index (χ1) is 13.5. The highest BCUT2D eigenvalue weighted by atomic mass is 16.4. The standard InChI is InChI=1S/C22H19N3O3/c1-25(22(28)24-19-5-3-13-23-15-19)20-6-2-4-18(14-20)17-10-7-16(8-11-17)9-12-21(26)27/h2-15H,1H3,(H,24,28)(H,26,27)/b12-9+. The Morgan fingerprint density at radius 1 is 1.04 bits per heavy atom. The number of nitrogens with zero attached hydrogens (tertiary/aromatic N) is 2. The van der Waals surface area contributed by atoms with Crippen molar-refractivity contribution in [3.05, 3.63) is 84.7 Å². The van der Waals surface area contributed by atoms with Crippen molar-refractivity contribution in [1.29, 1.82) is 0 Å². The molecule has 0 radical (unpaired) electrons. The second-order valence-electron chi connectivity index (χ2n) is 6.07. The van der Waals surface area contributed by atoms with Crippen LogP contribution in [0.15, 0.2) is 79.1 Å². The summed E-state index contributed by atoms with van der Waals surface area (Å²) in [6.07, 6.45) is 5.87. The third kappa shape index (κ3) is 4.82. The molecule has 0 saturated carbocycles. The maximum absolute atomic E-state index is 12.5. The van der Waals surface area contributed by atoms with E-state index < -0.39 is 5.97 Å². The maximum atomic E-state index is 12.5. The van der Waals surface area contributed by atoms with Gasteiger partial charge in [0.25, 0.3) is 0 Å². The van der Waals surface area contributed by atoms with Crippen molar-refractivity contribution in [2.75, 3.05) is 17.3 Å². The first-order valence-corrected chi connectivity index (χ1v) is 8.59. The fourth-order valence-electron chi connectivity index (χ4n) is 2.61. The van der Waals surface area contributed by atoms with Crippen LogP contribution in [0.25, 0.3) is 17.2 Å². The van der Waals surface area contributed by atoms with E-state index in [0.29, 0.717) is 5.69 Å². The number of carbonyl (C=O) groups excluding carboxylic acids is 1. The van der Waals surface area contributed by atoms with Crippen LogP contribution in [0.4, 0.5) is 16.2 Å². The van der Waals surface area contributed by atoms with Crippen LogP contribution in [-0.2, 0) is 4.79 Å². The average Bonchev–Trinajstić information content (AvgIpc) is 2.73. The van der Waals surface area contributed by atoms with Crippen LogP contribution in [-0.4, -0.2) is 29.1 Å². The van der Waals surface area contributed by atoms with Gasteiger partial charge in [-0.25, -0.2) is 9.59 Å². The summed E-state index contributed by atoms with van der Waals surface area (Å²) in [5.41, 5.74) is 4.09. The molecule has 0 aliphatic rings. The van der Waals surface area contributed by atoms with Crippen LogP contribution < -0.4 is 10.2 Å². The molecule has 140 valence electrons. The smallest absolute Gasteiger partial charge is 0.328 e. The normalized spacial score (nSPS) is 10.6. The van der Waals surface area contributed by atoms with Crippen molar-refractivity contribution in [2.45, 2.75) is 0 Å². The number of hydrogen-bond acceptors (Lipinski definition) is 3. The molecule has 0 aliphatic heterocycles. The maximum Gasteiger partial charge on any atom is 0.328 e. The summed E-state index contributed by atoms with van der Waals surface area (Å²) in [5.74, 6) is -0.982. The molecule has 0 saturated heterocycles. The Balaban J connectivity index is 1.76. The third-order valence-corrected chi connectivity index (χ3v) is 4.11. The Labute approximate surface area is 162 Å². The van der Waals surface area contributed by atoms with E-state index in [1.54, 1.807) is 37.7 Å². The Kier molecular flexibility index (Phi) is 5.81. The second-order valence-corrected chi connectivity index (χ2v) is 6.07. The Hall–Kier alpha value is -3.93. The molecule has 6 heteroatoms. The molecule has 0 fully saturated rings. The first kappa shape index (κ1) is 18.8. The van der Waals surface area contributed by atoms with Crippen molar-refractivity contribution < 1.29 is 14.7 Å². The summed E-state index contributed by atoms with van der Waals surface area (Å²) < 4.78 is 0. The van der Waals surface area contributed by atoms with Crippen LogP contribution in [0, 0.1) is 0 Å². The fraction of sp³-hybridized carbons (Fsp3) is 0.0455. The SMILES string of the molecule is CN(C(=O)Nc1cccnc1)c1cccc(-c2ccc(/C=C/C(=O)O)cc2)c1. The predicted molar refractivity (Wildman–Crippen MR) is 110 cm³/mol. The molecule has 2 aromatic carbocycles. The van der Waals surface area contributed by atoms with Gasteiger partial charge in [-0.1, -0.05) is 36.4 Å². The Bertz CT molecular complexity index is 999. The van der Waals surface area contributed by atoms with Crippen LogP contribution in [0.3, 0.4) is 0 Å². The van der Waals surface area contributed by atoms with Crippen molar-refractivity contribution in [2.24, 2.45) is 0 Å². The largest absolute Gasteiger partial charge is 0.478 e. The molecule has 3 aromatic rings. The number of benzene rings is 2. The van der Waals surface area contributed by atoms with E-state index in [4.69, 9.17) is 5.11 Å². The molecule has 1 heterocycles. The lowest BCUT2D eigenvalue weighted by atomic mass is 10.0. The van der Waals surface area contributed by atoms with Gasteiger partial charge < -0.3 is 10.4 Å². The zero-order valence-electron chi connectivity index (χ0n) is 15.2. The zero-order chi connectivity index (χ0) is 19.9. The zero-order valence-corrected chi connectivity index (χ0v) is 15.2. The third-order valence-electron chi connectivity index (χ3n) is 4.11. The number of hydrogen-bond donors (Lipinski definition) is 2. The number of urea groups is 1. The molecule has 2 amide bonds. The minimum Gasteiger partial charge on any atom is -0.478 e.